The summed E-state index contributed by atoms with van der Waals surface area (Å²) in [6, 6.07) is 10.6. The second-order valence-electron chi connectivity index (χ2n) is 7.37. The summed E-state index contributed by atoms with van der Waals surface area (Å²) in [6.07, 6.45) is -4.99. The van der Waals surface area contributed by atoms with Crippen LogP contribution >= 0.6 is 0 Å². The number of benzene rings is 2. The van der Waals surface area contributed by atoms with E-state index in [9.17, 15) is 23.1 Å². The molecule has 1 unspecified atom stereocenters. The normalized spacial score (nSPS) is 21.4. The Labute approximate surface area is 165 Å². The molecule has 2 heterocycles. The van der Waals surface area contributed by atoms with Gasteiger partial charge in [-0.1, -0.05) is 0 Å². The van der Waals surface area contributed by atoms with Gasteiger partial charge in [0, 0.05) is 36.1 Å². The second kappa shape index (κ2) is 6.84. The van der Waals surface area contributed by atoms with Gasteiger partial charge in [0.15, 0.2) is 12.2 Å². The lowest BCUT2D eigenvalue weighted by molar-refractivity contribution is -0.250. The molecule has 29 heavy (non-hydrogen) atoms. The van der Waals surface area contributed by atoms with Gasteiger partial charge in [-0.15, -0.1) is 0 Å². The van der Waals surface area contributed by atoms with E-state index < -0.39 is 18.3 Å². The van der Waals surface area contributed by atoms with Gasteiger partial charge in [-0.05, 0) is 42.8 Å². The Hall–Kier alpha value is -2.94. The molecule has 1 fully saturated rings. The molecule has 0 aromatic heterocycles. The minimum atomic E-state index is -4.65. The number of carbonyl (C=O) groups excluding carboxylic acids is 1. The highest BCUT2D eigenvalue weighted by Gasteiger charge is 2.57. The number of nitrogens with zero attached hydrogens (tertiary/aromatic N) is 1. The highest BCUT2D eigenvalue weighted by atomic mass is 19.4. The number of aliphatic hydroxyl groups is 1. The quantitative estimate of drug-likeness (QED) is 0.726. The molecule has 0 aliphatic carbocycles. The van der Waals surface area contributed by atoms with Gasteiger partial charge in [-0.25, -0.2) is 0 Å². The van der Waals surface area contributed by atoms with E-state index in [1.165, 1.54) is 0 Å². The number of rotatable bonds is 3. The fourth-order valence-corrected chi connectivity index (χ4v) is 3.54. The number of halogens is 3. The average Bonchev–Trinajstić information content (AvgIpc) is 3.07. The maximum atomic E-state index is 13.0. The van der Waals surface area contributed by atoms with Crippen molar-refractivity contribution >= 4 is 28.7 Å². The number of aryl methyl sites for hydroxylation is 1. The summed E-state index contributed by atoms with van der Waals surface area (Å²) < 4.78 is 44.5. The SMILES string of the molecule is Cc1cc(N2CCC(O)(C(F)(F)F)C2)ccc1Nc1ccc2c(c1)OCC(=O)N2. The van der Waals surface area contributed by atoms with Gasteiger partial charge in [0.2, 0.25) is 0 Å². The highest BCUT2D eigenvalue weighted by Crippen LogP contribution is 2.40. The summed E-state index contributed by atoms with van der Waals surface area (Å²) in [7, 11) is 0. The Kier molecular flexibility index (Phi) is 4.57. The Morgan fingerprint density at radius 2 is 2.03 bits per heavy atom. The molecule has 2 aliphatic heterocycles. The molecule has 9 heteroatoms. The second-order valence-corrected chi connectivity index (χ2v) is 7.37. The van der Waals surface area contributed by atoms with Crippen LogP contribution in [0.15, 0.2) is 36.4 Å². The van der Waals surface area contributed by atoms with Crippen LogP contribution in [0.5, 0.6) is 5.75 Å². The lowest BCUT2D eigenvalue weighted by atomic mass is 10.0. The van der Waals surface area contributed by atoms with Gasteiger partial charge in [-0.2, -0.15) is 13.2 Å². The fraction of sp³-hybridized carbons (Fsp3) is 0.350. The van der Waals surface area contributed by atoms with Crippen LogP contribution in [0, 0.1) is 6.92 Å². The molecule has 1 amide bonds. The zero-order valence-electron chi connectivity index (χ0n) is 15.6. The zero-order chi connectivity index (χ0) is 20.8. The van der Waals surface area contributed by atoms with E-state index in [4.69, 9.17) is 4.74 Å². The number of fused-ring (bicyclic) bond motifs is 1. The number of anilines is 4. The highest BCUT2D eigenvalue weighted by molar-refractivity contribution is 5.95. The number of nitrogens with one attached hydrogen (secondary N) is 2. The lowest BCUT2D eigenvalue weighted by Gasteiger charge is -2.27. The van der Waals surface area contributed by atoms with Gasteiger partial charge in [0.1, 0.15) is 5.75 Å². The van der Waals surface area contributed by atoms with Crippen molar-refractivity contribution in [2.24, 2.45) is 0 Å². The number of ether oxygens (including phenoxy) is 1. The Morgan fingerprint density at radius 1 is 1.24 bits per heavy atom. The predicted octanol–water partition coefficient (Wildman–Crippen LogP) is 3.57. The van der Waals surface area contributed by atoms with Gasteiger partial charge < -0.3 is 25.4 Å². The number of hydrogen-bond acceptors (Lipinski definition) is 5. The van der Waals surface area contributed by atoms with E-state index >= 15 is 0 Å². The van der Waals surface area contributed by atoms with E-state index in [0.29, 0.717) is 17.1 Å². The maximum Gasteiger partial charge on any atom is 0.418 e. The topological polar surface area (TPSA) is 73.8 Å². The van der Waals surface area contributed by atoms with Crippen molar-refractivity contribution < 1.29 is 27.8 Å². The van der Waals surface area contributed by atoms with Gasteiger partial charge in [0.25, 0.3) is 5.91 Å². The first-order chi connectivity index (χ1) is 13.6. The monoisotopic (exact) mass is 407 g/mol. The van der Waals surface area contributed by atoms with E-state index in [2.05, 4.69) is 10.6 Å². The zero-order valence-corrected chi connectivity index (χ0v) is 15.6. The van der Waals surface area contributed by atoms with Crippen molar-refractivity contribution in [2.45, 2.75) is 25.1 Å². The van der Waals surface area contributed by atoms with Crippen molar-refractivity contribution in [3.63, 3.8) is 0 Å². The van der Waals surface area contributed by atoms with Gasteiger partial charge >= 0.3 is 6.18 Å². The number of β-amino-alcohol motifs (C(OH)–C–C–N with tert-alkyl or cyclic N) is 1. The maximum absolute atomic E-state index is 13.0. The van der Waals surface area contributed by atoms with Gasteiger partial charge in [0.05, 0.1) is 12.2 Å². The summed E-state index contributed by atoms with van der Waals surface area (Å²) in [5.74, 6) is 0.358. The molecule has 0 bridgehead atoms. The molecule has 6 nitrogen and oxygen atoms in total. The van der Waals surface area contributed by atoms with Crippen molar-refractivity contribution in [1.29, 1.82) is 0 Å². The molecule has 2 aliphatic rings. The molecule has 0 saturated carbocycles. The lowest BCUT2D eigenvalue weighted by Crippen LogP contribution is -2.47. The van der Waals surface area contributed by atoms with Crippen LogP contribution in [0.1, 0.15) is 12.0 Å². The molecule has 1 saturated heterocycles. The van der Waals surface area contributed by atoms with E-state index in [1.807, 2.05) is 6.92 Å². The Balaban J connectivity index is 1.49. The molecule has 2 aromatic rings. The molecular weight excluding hydrogens is 387 g/mol. The van der Waals surface area contributed by atoms with E-state index in [1.54, 1.807) is 41.3 Å². The Bertz CT molecular complexity index is 964. The van der Waals surface area contributed by atoms with Crippen LogP contribution in [0.25, 0.3) is 0 Å². The largest absolute Gasteiger partial charge is 0.482 e. The summed E-state index contributed by atoms with van der Waals surface area (Å²) in [5.41, 5.74) is 0.949. The third-order valence-electron chi connectivity index (χ3n) is 5.24. The first-order valence-corrected chi connectivity index (χ1v) is 9.13. The van der Waals surface area contributed by atoms with E-state index in [0.717, 1.165) is 16.9 Å². The van der Waals surface area contributed by atoms with Crippen molar-refractivity contribution in [3.8, 4) is 5.75 Å². The minimum absolute atomic E-state index is 0.0374. The average molecular weight is 407 g/mol. The predicted molar refractivity (Wildman–Crippen MR) is 103 cm³/mol. The number of alkyl halides is 3. The number of carbonyl (C=O) groups is 1. The molecule has 1 atom stereocenters. The van der Waals surface area contributed by atoms with Crippen LogP contribution in [0.2, 0.25) is 0 Å². The molecule has 0 radical (unpaired) electrons. The fourth-order valence-electron chi connectivity index (χ4n) is 3.54. The molecule has 3 N–H and O–H groups in total. The van der Waals surface area contributed by atoms with Crippen LogP contribution in [0.4, 0.5) is 35.9 Å². The van der Waals surface area contributed by atoms with Crippen LogP contribution in [0.3, 0.4) is 0 Å². The third kappa shape index (κ3) is 3.69. The van der Waals surface area contributed by atoms with Gasteiger partial charge in [-0.3, -0.25) is 4.79 Å². The van der Waals surface area contributed by atoms with E-state index in [-0.39, 0.29) is 25.5 Å². The smallest absolute Gasteiger partial charge is 0.418 e. The summed E-state index contributed by atoms with van der Waals surface area (Å²) >= 11 is 0. The molecular formula is C20H20F3N3O3. The van der Waals surface area contributed by atoms with Crippen LogP contribution < -0.4 is 20.3 Å². The first-order valence-electron chi connectivity index (χ1n) is 9.13. The summed E-state index contributed by atoms with van der Waals surface area (Å²) in [6.45, 7) is 1.48. The van der Waals surface area contributed by atoms with Crippen LogP contribution in [-0.4, -0.2) is 42.5 Å². The van der Waals surface area contributed by atoms with Crippen molar-refractivity contribution in [1.82, 2.24) is 0 Å². The molecule has 4 rings (SSSR count). The summed E-state index contributed by atoms with van der Waals surface area (Å²) in [5, 5.41) is 15.8. The Morgan fingerprint density at radius 3 is 2.72 bits per heavy atom. The number of amides is 1. The molecule has 154 valence electrons. The standard InChI is InChI=1S/C20H20F3N3O3/c1-12-8-14(26-7-6-19(28,11-26)20(21,22)23)3-5-15(12)24-13-2-4-16-17(9-13)29-10-18(27)25-16/h2-5,8-9,24,28H,6-7,10-11H2,1H3,(H,25,27). The molecule has 2 aromatic carbocycles. The van der Waals surface area contributed by atoms with Crippen LogP contribution in [-0.2, 0) is 4.79 Å². The minimum Gasteiger partial charge on any atom is -0.482 e. The number of hydrogen-bond donors (Lipinski definition) is 3. The molecule has 0 spiro atoms. The summed E-state index contributed by atoms with van der Waals surface area (Å²) in [4.78, 5) is 12.9. The first kappa shape index (κ1) is 19.4. The third-order valence-corrected chi connectivity index (χ3v) is 5.24. The van der Waals surface area contributed by atoms with Crippen molar-refractivity contribution in [3.05, 3.63) is 42.0 Å². The van der Waals surface area contributed by atoms with Crippen molar-refractivity contribution in [2.75, 3.05) is 35.2 Å².